The van der Waals surface area contributed by atoms with E-state index in [-0.39, 0.29) is 16.9 Å². The summed E-state index contributed by atoms with van der Waals surface area (Å²) in [7, 11) is 1.42. The number of halogens is 6. The zero-order valence-electron chi connectivity index (χ0n) is 20.5. The lowest BCUT2D eigenvalue weighted by molar-refractivity contribution is -0.151. The van der Waals surface area contributed by atoms with Gasteiger partial charge in [-0.1, -0.05) is 0 Å². The molecule has 4 aromatic rings. The normalized spacial score (nSPS) is 14.7. The van der Waals surface area contributed by atoms with Crippen molar-refractivity contribution in [1.82, 2.24) is 9.97 Å². The number of alkyl halides is 5. The second-order valence-corrected chi connectivity index (χ2v) is 10.4. The van der Waals surface area contributed by atoms with Gasteiger partial charge in [-0.15, -0.1) is 11.3 Å². The monoisotopic (exact) mass is 567 g/mol. The Bertz CT molecular complexity index is 1490. The topological polar surface area (TPSA) is 67.3 Å². The fourth-order valence-electron chi connectivity index (χ4n) is 4.34. The van der Waals surface area contributed by atoms with Crippen LogP contribution in [0.15, 0.2) is 42.5 Å². The molecule has 0 amide bonds. The van der Waals surface area contributed by atoms with Gasteiger partial charge in [0.25, 0.3) is 6.43 Å². The Morgan fingerprint density at radius 3 is 2.44 bits per heavy atom. The number of ether oxygens (including phenoxy) is 1. The van der Waals surface area contributed by atoms with E-state index in [1.165, 1.54) is 36.6 Å². The molecule has 1 fully saturated rings. The van der Waals surface area contributed by atoms with Crippen LogP contribution < -0.4 is 10.1 Å². The molecule has 2 heterocycles. The van der Waals surface area contributed by atoms with Crippen LogP contribution >= 0.6 is 11.3 Å². The van der Waals surface area contributed by atoms with Crippen LogP contribution in [0.1, 0.15) is 40.9 Å². The van der Waals surface area contributed by atoms with Gasteiger partial charge in [0.1, 0.15) is 28.7 Å². The summed E-state index contributed by atoms with van der Waals surface area (Å²) in [6.45, 7) is -0.904. The molecule has 1 saturated carbocycles. The van der Waals surface area contributed by atoms with Crippen molar-refractivity contribution in [2.75, 3.05) is 19.0 Å². The van der Waals surface area contributed by atoms with Crippen LogP contribution in [-0.4, -0.2) is 41.3 Å². The maximum atomic E-state index is 14.5. The molecule has 5 rings (SSSR count). The Balaban J connectivity index is 1.59. The molecule has 2 N–H and O–H groups in total. The van der Waals surface area contributed by atoms with Crippen LogP contribution in [-0.2, 0) is 6.42 Å². The predicted octanol–water partition coefficient (Wildman–Crippen LogP) is 7.65. The van der Waals surface area contributed by atoms with Crippen molar-refractivity contribution >= 4 is 27.2 Å². The highest BCUT2D eigenvalue weighted by Crippen LogP contribution is 2.46. The molecular formula is C27H23F6N3O2S. The number of fused-ring (bicyclic) bond motifs is 1. The summed E-state index contributed by atoms with van der Waals surface area (Å²) in [6.07, 6.45) is -6.08. The van der Waals surface area contributed by atoms with Crippen molar-refractivity contribution in [2.45, 2.75) is 43.7 Å². The quantitative estimate of drug-likeness (QED) is 0.203. The number of nitrogens with zero attached hydrogens (tertiary/aromatic N) is 2. The third kappa shape index (κ3) is 5.90. The van der Waals surface area contributed by atoms with E-state index in [1.807, 2.05) is 0 Å². The van der Waals surface area contributed by atoms with Crippen molar-refractivity contribution in [2.24, 2.45) is 0 Å². The Kier molecular flexibility index (Phi) is 7.32. The van der Waals surface area contributed by atoms with E-state index in [2.05, 4.69) is 15.3 Å². The largest absolute Gasteiger partial charge is 0.504 e. The van der Waals surface area contributed by atoms with Gasteiger partial charge in [0.15, 0.2) is 5.75 Å². The number of aromatic nitrogens is 2. The van der Waals surface area contributed by atoms with Gasteiger partial charge in [0, 0.05) is 11.5 Å². The minimum absolute atomic E-state index is 0.122. The zero-order chi connectivity index (χ0) is 27.9. The lowest BCUT2D eigenvalue weighted by Crippen LogP contribution is -2.24. The highest BCUT2D eigenvalue weighted by atomic mass is 32.1. The molecule has 0 saturated heterocycles. The first-order chi connectivity index (χ1) is 18.5. The van der Waals surface area contributed by atoms with E-state index in [0.717, 1.165) is 36.0 Å². The van der Waals surface area contributed by atoms with E-state index in [4.69, 9.17) is 4.74 Å². The van der Waals surface area contributed by atoms with Crippen LogP contribution in [0.5, 0.6) is 11.5 Å². The van der Waals surface area contributed by atoms with Gasteiger partial charge in [0.05, 0.1) is 34.7 Å². The number of benzene rings is 2. The summed E-state index contributed by atoms with van der Waals surface area (Å²) in [5.74, 6) is -2.65. The SMILES string of the molecule is COc1cc(CC(c2cc(NCC(F)F)c(O)c(-c3ccc(F)cc3)n2)C(F)(F)F)cc2sc(C3CC3)nc12. The Hall–Kier alpha value is -3.54. The Morgan fingerprint density at radius 1 is 1.10 bits per heavy atom. The molecule has 1 aliphatic rings. The fourth-order valence-corrected chi connectivity index (χ4v) is 5.56. The average Bonchev–Trinajstić information content (AvgIpc) is 3.65. The second-order valence-electron chi connectivity index (χ2n) is 9.34. The maximum absolute atomic E-state index is 14.5. The van der Waals surface area contributed by atoms with Crippen LogP contribution in [0.3, 0.4) is 0 Å². The van der Waals surface area contributed by atoms with Gasteiger partial charge in [-0.05, 0) is 67.3 Å². The lowest BCUT2D eigenvalue weighted by atomic mass is 9.93. The molecule has 206 valence electrons. The van der Waals surface area contributed by atoms with E-state index >= 15 is 0 Å². The zero-order valence-corrected chi connectivity index (χ0v) is 21.3. The third-order valence-electron chi connectivity index (χ3n) is 6.45. The van der Waals surface area contributed by atoms with Gasteiger partial charge < -0.3 is 15.2 Å². The van der Waals surface area contributed by atoms with Gasteiger partial charge in [-0.3, -0.25) is 0 Å². The van der Waals surface area contributed by atoms with E-state index in [9.17, 15) is 31.4 Å². The van der Waals surface area contributed by atoms with Crippen LogP contribution in [0.2, 0.25) is 0 Å². The number of pyridine rings is 1. The number of thiazole rings is 1. The summed E-state index contributed by atoms with van der Waals surface area (Å²) in [6, 6.07) is 8.68. The molecule has 1 aliphatic carbocycles. The molecular weight excluding hydrogens is 544 g/mol. The van der Waals surface area contributed by atoms with Crippen LogP contribution in [0, 0.1) is 5.82 Å². The molecule has 0 spiro atoms. The van der Waals surface area contributed by atoms with Crippen LogP contribution in [0.4, 0.5) is 32.0 Å². The highest BCUT2D eigenvalue weighted by molar-refractivity contribution is 7.18. The number of methoxy groups -OCH3 is 1. The van der Waals surface area contributed by atoms with Gasteiger partial charge in [-0.2, -0.15) is 13.2 Å². The lowest BCUT2D eigenvalue weighted by Gasteiger charge is -2.23. The second kappa shape index (κ2) is 10.6. The molecule has 1 unspecified atom stereocenters. The standard InChI is InChI=1S/C27H23F6N3O2S/c1-38-20-9-13(10-21-24(20)36-26(39-21)15-2-3-15)8-17(27(31,32)33)18-11-19(34-12-22(29)30)25(37)23(35-18)14-4-6-16(28)7-5-14/h4-7,9-11,15,17,22,37H,2-3,8,12H2,1H3,(H,34,35). The third-order valence-corrected chi connectivity index (χ3v) is 7.62. The van der Waals surface area contributed by atoms with E-state index in [0.29, 0.717) is 27.4 Å². The van der Waals surface area contributed by atoms with E-state index < -0.39 is 48.7 Å². The van der Waals surface area contributed by atoms with Crippen LogP contribution in [0.25, 0.3) is 21.5 Å². The molecule has 1 atom stereocenters. The summed E-state index contributed by atoms with van der Waals surface area (Å²) >= 11 is 1.42. The van der Waals surface area contributed by atoms with Gasteiger partial charge in [0.2, 0.25) is 0 Å². The molecule has 0 bridgehead atoms. The highest BCUT2D eigenvalue weighted by Gasteiger charge is 2.42. The fraction of sp³-hybridized carbons (Fsp3) is 0.333. The molecule has 0 aliphatic heterocycles. The Labute approximate surface area is 223 Å². The summed E-state index contributed by atoms with van der Waals surface area (Å²) in [5.41, 5.74) is -0.0680. The van der Waals surface area contributed by atoms with E-state index in [1.54, 1.807) is 6.07 Å². The van der Waals surface area contributed by atoms with Crippen molar-refractivity contribution in [1.29, 1.82) is 0 Å². The molecule has 2 aromatic carbocycles. The summed E-state index contributed by atoms with van der Waals surface area (Å²) in [5, 5.41) is 13.9. The first-order valence-corrected chi connectivity index (χ1v) is 12.9. The predicted molar refractivity (Wildman–Crippen MR) is 136 cm³/mol. The van der Waals surface area contributed by atoms with Crippen molar-refractivity contribution in [3.63, 3.8) is 0 Å². The number of rotatable bonds is 9. The maximum Gasteiger partial charge on any atom is 0.397 e. The van der Waals surface area contributed by atoms with Gasteiger partial charge in [-0.25, -0.2) is 23.1 Å². The van der Waals surface area contributed by atoms with Crippen molar-refractivity contribution in [3.8, 4) is 22.8 Å². The first-order valence-electron chi connectivity index (χ1n) is 12.1. The first kappa shape index (κ1) is 27.0. The van der Waals surface area contributed by atoms with Gasteiger partial charge >= 0.3 is 6.18 Å². The molecule has 0 radical (unpaired) electrons. The molecule has 2 aromatic heterocycles. The molecule has 12 heteroatoms. The number of aromatic hydroxyl groups is 1. The smallest absolute Gasteiger partial charge is 0.397 e. The number of hydrogen-bond donors (Lipinski definition) is 2. The Morgan fingerprint density at radius 2 is 1.82 bits per heavy atom. The summed E-state index contributed by atoms with van der Waals surface area (Å²) in [4.78, 5) is 8.72. The van der Waals surface area contributed by atoms with Crippen molar-refractivity contribution in [3.05, 3.63) is 64.5 Å². The summed E-state index contributed by atoms with van der Waals surface area (Å²) < 4.78 is 89.0. The minimum atomic E-state index is -4.78. The minimum Gasteiger partial charge on any atom is -0.504 e. The van der Waals surface area contributed by atoms with Crippen molar-refractivity contribution < 1.29 is 36.2 Å². The number of anilines is 1. The average molecular weight is 568 g/mol. The number of nitrogens with one attached hydrogen (secondary N) is 1. The number of hydrogen-bond acceptors (Lipinski definition) is 6. The molecule has 39 heavy (non-hydrogen) atoms. The molecule has 5 nitrogen and oxygen atoms in total.